The molecule has 1 aliphatic heterocycles. The van der Waals surface area contributed by atoms with Crippen molar-refractivity contribution in [3.63, 3.8) is 0 Å². The van der Waals surface area contributed by atoms with E-state index < -0.39 is 18.6 Å². The second kappa shape index (κ2) is 8.76. The number of aromatic nitrogens is 1. The van der Waals surface area contributed by atoms with Crippen LogP contribution in [0.3, 0.4) is 0 Å². The number of nitrogens with one attached hydrogen (secondary N) is 2. The van der Waals surface area contributed by atoms with Crippen molar-refractivity contribution < 1.29 is 13.2 Å². The van der Waals surface area contributed by atoms with E-state index in [2.05, 4.69) is 26.2 Å². The highest BCUT2D eigenvalue weighted by atomic mass is 79.9. The Labute approximate surface area is 159 Å². The summed E-state index contributed by atoms with van der Waals surface area (Å²) in [7, 11) is 0. The number of hydrogen-bond donors (Lipinski definition) is 2. The molecule has 3 rings (SSSR count). The van der Waals surface area contributed by atoms with E-state index in [4.69, 9.17) is 0 Å². The standard InChI is InChI=1S/C15H17BrF3N3.2ClH/c16-10-1-2-13-11(7-10)12(9-21-13)14(8-15(17,18)19)22-5-3-20-4-6-22;;/h1-2,7,9,14,20-21H,3-6,8H2;2*1H/t14-;;/m1../s1. The number of halogens is 6. The largest absolute Gasteiger partial charge is 0.390 e. The Morgan fingerprint density at radius 2 is 1.83 bits per heavy atom. The first kappa shape index (κ1) is 21.6. The Morgan fingerprint density at radius 1 is 1.17 bits per heavy atom. The number of alkyl halides is 3. The average molecular weight is 449 g/mol. The molecule has 0 saturated carbocycles. The van der Waals surface area contributed by atoms with Crippen molar-refractivity contribution in [3.8, 4) is 0 Å². The maximum atomic E-state index is 13.1. The lowest BCUT2D eigenvalue weighted by atomic mass is 10.00. The van der Waals surface area contributed by atoms with Crippen molar-refractivity contribution in [2.24, 2.45) is 0 Å². The fourth-order valence-corrected chi connectivity index (χ4v) is 3.40. The van der Waals surface area contributed by atoms with E-state index in [0.29, 0.717) is 13.1 Å². The topological polar surface area (TPSA) is 31.1 Å². The summed E-state index contributed by atoms with van der Waals surface area (Å²) in [4.78, 5) is 5.01. The molecule has 0 spiro atoms. The van der Waals surface area contributed by atoms with Crippen molar-refractivity contribution >= 4 is 51.6 Å². The minimum Gasteiger partial charge on any atom is -0.361 e. The summed E-state index contributed by atoms with van der Waals surface area (Å²) in [5.41, 5.74) is 1.58. The fraction of sp³-hybridized carbons (Fsp3) is 0.467. The van der Waals surface area contributed by atoms with Gasteiger partial charge in [-0.25, -0.2) is 0 Å². The normalized spacial score (nSPS) is 17.2. The van der Waals surface area contributed by atoms with Crippen molar-refractivity contribution in [2.45, 2.75) is 18.6 Å². The minimum atomic E-state index is -4.19. The molecule has 136 valence electrons. The second-order valence-electron chi connectivity index (χ2n) is 5.55. The third-order valence-electron chi connectivity index (χ3n) is 4.05. The molecule has 2 aromatic rings. The zero-order chi connectivity index (χ0) is 15.7. The first-order valence-corrected chi connectivity index (χ1v) is 8.01. The lowest BCUT2D eigenvalue weighted by molar-refractivity contribution is -0.148. The number of fused-ring (bicyclic) bond motifs is 1. The molecular weight excluding hydrogens is 430 g/mol. The third kappa shape index (κ3) is 5.02. The highest BCUT2D eigenvalue weighted by Crippen LogP contribution is 2.37. The second-order valence-corrected chi connectivity index (χ2v) is 6.47. The van der Waals surface area contributed by atoms with Gasteiger partial charge in [-0.1, -0.05) is 15.9 Å². The van der Waals surface area contributed by atoms with Crippen LogP contribution in [0.2, 0.25) is 0 Å². The van der Waals surface area contributed by atoms with Crippen molar-refractivity contribution in [2.75, 3.05) is 26.2 Å². The molecule has 0 bridgehead atoms. The van der Waals surface area contributed by atoms with Gasteiger partial charge < -0.3 is 10.3 Å². The summed E-state index contributed by atoms with van der Waals surface area (Å²) in [6.07, 6.45) is -3.30. The SMILES string of the molecule is Cl.Cl.FC(F)(F)C[C@H](c1c[nH]c2ccc(Br)cc12)N1CCNCC1. The molecule has 1 atom stereocenters. The molecule has 0 aliphatic carbocycles. The van der Waals surface area contributed by atoms with Crippen LogP contribution in [0.15, 0.2) is 28.9 Å². The van der Waals surface area contributed by atoms with E-state index in [-0.39, 0.29) is 24.8 Å². The molecule has 2 N–H and O–H groups in total. The molecule has 9 heteroatoms. The van der Waals surface area contributed by atoms with Gasteiger partial charge in [-0.3, -0.25) is 4.90 Å². The van der Waals surface area contributed by atoms with E-state index >= 15 is 0 Å². The van der Waals surface area contributed by atoms with Gasteiger partial charge in [-0.15, -0.1) is 24.8 Å². The summed E-state index contributed by atoms with van der Waals surface area (Å²) >= 11 is 3.40. The van der Waals surface area contributed by atoms with Crippen LogP contribution < -0.4 is 5.32 Å². The summed E-state index contributed by atoms with van der Waals surface area (Å²) in [6.45, 7) is 2.70. The van der Waals surface area contributed by atoms with E-state index in [1.807, 2.05) is 23.1 Å². The number of nitrogens with zero attached hydrogens (tertiary/aromatic N) is 1. The minimum absolute atomic E-state index is 0. The van der Waals surface area contributed by atoms with Gasteiger partial charge in [0.25, 0.3) is 0 Å². The molecule has 1 aliphatic rings. The number of hydrogen-bond acceptors (Lipinski definition) is 2. The van der Waals surface area contributed by atoms with E-state index in [1.165, 1.54) is 0 Å². The van der Waals surface area contributed by atoms with Gasteiger partial charge >= 0.3 is 6.18 Å². The maximum Gasteiger partial charge on any atom is 0.390 e. The van der Waals surface area contributed by atoms with Crippen LogP contribution in [0, 0.1) is 0 Å². The predicted octanol–water partition coefficient (Wildman–Crippen LogP) is 4.67. The van der Waals surface area contributed by atoms with Crippen LogP contribution in [0.5, 0.6) is 0 Å². The highest BCUT2D eigenvalue weighted by molar-refractivity contribution is 9.10. The van der Waals surface area contributed by atoms with Crippen LogP contribution in [-0.4, -0.2) is 42.2 Å². The Bertz CT molecular complexity index is 657. The van der Waals surface area contributed by atoms with Gasteiger partial charge in [0, 0.05) is 53.8 Å². The number of aromatic amines is 1. The zero-order valence-corrected chi connectivity index (χ0v) is 15.9. The number of rotatable bonds is 3. The number of H-pyrrole nitrogens is 1. The predicted molar refractivity (Wildman–Crippen MR) is 98.4 cm³/mol. The molecule has 0 amide bonds. The molecule has 1 aromatic carbocycles. The Morgan fingerprint density at radius 3 is 2.46 bits per heavy atom. The van der Waals surface area contributed by atoms with Gasteiger partial charge in [0.05, 0.1) is 6.42 Å². The van der Waals surface area contributed by atoms with Crippen molar-refractivity contribution in [3.05, 3.63) is 34.4 Å². The lowest BCUT2D eigenvalue weighted by Crippen LogP contribution is -2.46. The van der Waals surface area contributed by atoms with Gasteiger partial charge in [-0.05, 0) is 23.8 Å². The third-order valence-corrected chi connectivity index (χ3v) is 4.55. The molecule has 24 heavy (non-hydrogen) atoms. The van der Waals surface area contributed by atoms with E-state index in [0.717, 1.165) is 34.0 Å². The van der Waals surface area contributed by atoms with E-state index in [9.17, 15) is 13.2 Å². The molecule has 0 unspecified atom stereocenters. The number of benzene rings is 1. The zero-order valence-electron chi connectivity index (χ0n) is 12.7. The van der Waals surface area contributed by atoms with Crippen LogP contribution in [0.4, 0.5) is 13.2 Å². The molecule has 3 nitrogen and oxygen atoms in total. The molecule has 1 fully saturated rings. The van der Waals surface area contributed by atoms with Crippen LogP contribution in [-0.2, 0) is 0 Å². The molecule has 1 saturated heterocycles. The Hall–Kier alpha value is -0.470. The van der Waals surface area contributed by atoms with Gasteiger partial charge in [0.15, 0.2) is 0 Å². The van der Waals surface area contributed by atoms with E-state index in [1.54, 1.807) is 6.20 Å². The van der Waals surface area contributed by atoms with Gasteiger partial charge in [0.2, 0.25) is 0 Å². The monoisotopic (exact) mass is 447 g/mol. The average Bonchev–Trinajstić information content (AvgIpc) is 2.87. The summed E-state index contributed by atoms with van der Waals surface area (Å²) < 4.78 is 40.1. The lowest BCUT2D eigenvalue weighted by Gasteiger charge is -2.35. The summed E-state index contributed by atoms with van der Waals surface area (Å²) in [5, 5.41) is 4.03. The van der Waals surface area contributed by atoms with Crippen molar-refractivity contribution in [1.29, 1.82) is 0 Å². The van der Waals surface area contributed by atoms with Gasteiger partial charge in [0.1, 0.15) is 0 Å². The fourth-order valence-electron chi connectivity index (χ4n) is 3.04. The highest BCUT2D eigenvalue weighted by Gasteiger charge is 2.36. The van der Waals surface area contributed by atoms with Crippen LogP contribution >= 0.6 is 40.7 Å². The Kier molecular flexibility index (Phi) is 7.87. The molecular formula is C15H19BrCl2F3N3. The molecule has 1 aromatic heterocycles. The van der Waals surface area contributed by atoms with Gasteiger partial charge in [-0.2, -0.15) is 13.2 Å². The summed E-state index contributed by atoms with van der Waals surface area (Å²) in [5.74, 6) is 0. The Balaban J connectivity index is 0.00000144. The first-order chi connectivity index (χ1) is 10.4. The first-order valence-electron chi connectivity index (χ1n) is 7.22. The smallest absolute Gasteiger partial charge is 0.361 e. The summed E-state index contributed by atoms with van der Waals surface area (Å²) in [6, 6.07) is 5.00. The molecule has 2 heterocycles. The maximum absolute atomic E-state index is 13.1. The van der Waals surface area contributed by atoms with Crippen molar-refractivity contribution in [1.82, 2.24) is 15.2 Å². The molecule has 0 radical (unpaired) electrons. The number of piperazine rings is 1. The van der Waals surface area contributed by atoms with Crippen LogP contribution in [0.25, 0.3) is 10.9 Å². The van der Waals surface area contributed by atoms with Crippen LogP contribution in [0.1, 0.15) is 18.0 Å². The quantitative estimate of drug-likeness (QED) is 0.714.